The average Bonchev–Trinajstić information content (AvgIpc) is 2.34. The Morgan fingerprint density at radius 3 is 2.67 bits per heavy atom. The van der Waals surface area contributed by atoms with Gasteiger partial charge in [-0.1, -0.05) is 0 Å². The zero-order valence-corrected chi connectivity index (χ0v) is 10.8. The molecule has 18 heavy (non-hydrogen) atoms. The Hall–Kier alpha value is -1.76. The average molecular weight is 316 g/mol. The summed E-state index contributed by atoms with van der Waals surface area (Å²) in [6.45, 7) is 0. The van der Waals surface area contributed by atoms with Crippen LogP contribution in [0.4, 0.5) is 14.7 Å². The van der Waals surface area contributed by atoms with Gasteiger partial charge in [0.1, 0.15) is 11.6 Å². The minimum Gasteiger partial charge on any atom is -0.481 e. The van der Waals surface area contributed by atoms with E-state index in [4.69, 9.17) is 10.5 Å². The van der Waals surface area contributed by atoms with E-state index in [1.807, 2.05) is 0 Å². The van der Waals surface area contributed by atoms with Gasteiger partial charge in [-0.15, -0.1) is 0 Å². The van der Waals surface area contributed by atoms with Crippen LogP contribution in [0.2, 0.25) is 0 Å². The molecule has 0 spiro atoms. The van der Waals surface area contributed by atoms with Crippen molar-refractivity contribution in [2.45, 2.75) is 0 Å². The fourth-order valence-corrected chi connectivity index (χ4v) is 1.77. The van der Waals surface area contributed by atoms with Gasteiger partial charge in [-0.05, 0) is 28.1 Å². The van der Waals surface area contributed by atoms with Crippen molar-refractivity contribution >= 4 is 21.9 Å². The maximum atomic E-state index is 13.9. The lowest BCUT2D eigenvalue weighted by molar-refractivity contribution is 0.398. The van der Waals surface area contributed by atoms with Crippen molar-refractivity contribution in [2.75, 3.05) is 12.8 Å². The molecule has 1 heterocycles. The molecule has 94 valence electrons. The summed E-state index contributed by atoms with van der Waals surface area (Å²) >= 11 is 2.98. The van der Waals surface area contributed by atoms with Crippen molar-refractivity contribution in [3.63, 3.8) is 0 Å². The van der Waals surface area contributed by atoms with E-state index in [-0.39, 0.29) is 27.6 Å². The van der Waals surface area contributed by atoms with Crippen molar-refractivity contribution in [1.29, 1.82) is 0 Å². The largest absolute Gasteiger partial charge is 0.481 e. The Balaban J connectivity index is 2.69. The minimum atomic E-state index is -0.754. The first kappa shape index (κ1) is 12.7. The summed E-state index contributed by atoms with van der Waals surface area (Å²) in [5.74, 6) is -1.48. The lowest BCUT2D eigenvalue weighted by Gasteiger charge is -2.08. The smallest absolute Gasteiger partial charge is 0.223 e. The van der Waals surface area contributed by atoms with Crippen molar-refractivity contribution in [1.82, 2.24) is 9.97 Å². The number of ether oxygens (including phenoxy) is 1. The highest BCUT2D eigenvalue weighted by Crippen LogP contribution is 2.31. The maximum Gasteiger partial charge on any atom is 0.223 e. The summed E-state index contributed by atoms with van der Waals surface area (Å²) in [6.07, 6.45) is 0. The molecule has 0 fully saturated rings. The van der Waals surface area contributed by atoms with Gasteiger partial charge in [0.15, 0.2) is 0 Å². The molecule has 2 rings (SSSR count). The van der Waals surface area contributed by atoms with Crippen LogP contribution in [-0.2, 0) is 0 Å². The number of anilines is 1. The number of aromatic nitrogens is 2. The predicted octanol–water partition coefficient (Wildman–Crippen LogP) is 2.78. The first-order valence-electron chi connectivity index (χ1n) is 4.85. The monoisotopic (exact) mass is 315 g/mol. The second-order valence-corrected chi connectivity index (χ2v) is 4.23. The summed E-state index contributed by atoms with van der Waals surface area (Å²) < 4.78 is 32.6. The van der Waals surface area contributed by atoms with Crippen molar-refractivity contribution < 1.29 is 13.5 Å². The van der Waals surface area contributed by atoms with Gasteiger partial charge in [0.25, 0.3) is 0 Å². The molecule has 4 nitrogen and oxygen atoms in total. The Morgan fingerprint density at radius 2 is 2.00 bits per heavy atom. The van der Waals surface area contributed by atoms with E-state index in [1.54, 1.807) is 0 Å². The van der Waals surface area contributed by atoms with Crippen LogP contribution in [0.1, 0.15) is 0 Å². The number of nitrogens with zero attached hydrogens (tertiary/aromatic N) is 2. The standard InChI is InChI=1S/C11H8BrF2N3O/c1-18-8-4-7(16-11(15)17-8)9-6(13)3-2-5(12)10(9)14/h2-4H,1H3,(H2,15,16,17). The minimum absolute atomic E-state index is 0.0238. The Bertz CT molecular complexity index is 607. The van der Waals surface area contributed by atoms with Gasteiger partial charge in [-0.25, -0.2) is 13.8 Å². The van der Waals surface area contributed by atoms with Gasteiger partial charge < -0.3 is 10.5 Å². The molecule has 0 atom stereocenters. The maximum absolute atomic E-state index is 13.9. The Morgan fingerprint density at radius 1 is 1.28 bits per heavy atom. The molecule has 0 aliphatic rings. The molecule has 0 aliphatic heterocycles. The first-order chi connectivity index (χ1) is 8.52. The quantitative estimate of drug-likeness (QED) is 0.866. The van der Waals surface area contributed by atoms with Crippen molar-refractivity contribution in [2.24, 2.45) is 0 Å². The van der Waals surface area contributed by atoms with Gasteiger partial charge in [0.2, 0.25) is 11.8 Å². The molecule has 7 heteroatoms. The molecule has 2 N–H and O–H groups in total. The third-order valence-corrected chi connectivity index (χ3v) is 2.84. The highest BCUT2D eigenvalue weighted by Gasteiger charge is 2.17. The Labute approximate surface area is 110 Å². The molecule has 0 aliphatic carbocycles. The van der Waals surface area contributed by atoms with E-state index < -0.39 is 11.6 Å². The second kappa shape index (κ2) is 4.85. The number of benzene rings is 1. The third kappa shape index (κ3) is 2.26. The lowest BCUT2D eigenvalue weighted by atomic mass is 10.1. The first-order valence-corrected chi connectivity index (χ1v) is 5.64. The Kier molecular flexibility index (Phi) is 3.42. The van der Waals surface area contributed by atoms with Crippen LogP contribution < -0.4 is 10.5 Å². The number of rotatable bonds is 2. The van der Waals surface area contributed by atoms with Crippen LogP contribution in [-0.4, -0.2) is 17.1 Å². The lowest BCUT2D eigenvalue weighted by Crippen LogP contribution is -2.01. The van der Waals surface area contributed by atoms with Crippen LogP contribution in [0.5, 0.6) is 5.88 Å². The number of hydrogen-bond donors (Lipinski definition) is 1. The molecule has 0 bridgehead atoms. The van der Waals surface area contributed by atoms with Crippen LogP contribution in [0, 0.1) is 11.6 Å². The summed E-state index contributed by atoms with van der Waals surface area (Å²) in [6, 6.07) is 3.72. The topological polar surface area (TPSA) is 61.0 Å². The van der Waals surface area contributed by atoms with E-state index in [0.717, 1.165) is 6.07 Å². The normalized spacial score (nSPS) is 10.4. The van der Waals surface area contributed by atoms with Gasteiger partial charge in [-0.2, -0.15) is 4.98 Å². The van der Waals surface area contributed by atoms with E-state index in [1.165, 1.54) is 19.2 Å². The molecule has 1 aromatic heterocycles. The number of methoxy groups -OCH3 is 1. The number of nitrogens with two attached hydrogens (primary N) is 1. The van der Waals surface area contributed by atoms with Gasteiger partial charge in [-0.3, -0.25) is 0 Å². The highest BCUT2D eigenvalue weighted by molar-refractivity contribution is 9.10. The molecular weight excluding hydrogens is 308 g/mol. The number of halogens is 3. The molecular formula is C11H8BrF2N3O. The van der Waals surface area contributed by atoms with E-state index in [0.29, 0.717) is 0 Å². The summed E-state index contributed by atoms with van der Waals surface area (Å²) in [5.41, 5.74) is 5.19. The fourth-order valence-electron chi connectivity index (χ4n) is 1.44. The third-order valence-electron chi connectivity index (χ3n) is 2.23. The molecule has 0 unspecified atom stereocenters. The second-order valence-electron chi connectivity index (χ2n) is 3.37. The van der Waals surface area contributed by atoms with E-state index >= 15 is 0 Å². The molecule has 0 saturated carbocycles. The van der Waals surface area contributed by atoms with Gasteiger partial charge >= 0.3 is 0 Å². The molecule has 0 amide bonds. The molecule has 0 radical (unpaired) electrons. The van der Waals surface area contributed by atoms with Crippen LogP contribution in [0.3, 0.4) is 0 Å². The summed E-state index contributed by atoms with van der Waals surface area (Å²) in [4.78, 5) is 7.55. The zero-order chi connectivity index (χ0) is 13.3. The van der Waals surface area contributed by atoms with Gasteiger partial charge in [0.05, 0.1) is 22.8 Å². The van der Waals surface area contributed by atoms with Crippen LogP contribution in [0.15, 0.2) is 22.7 Å². The molecule has 2 aromatic rings. The zero-order valence-electron chi connectivity index (χ0n) is 9.25. The van der Waals surface area contributed by atoms with Crippen molar-refractivity contribution in [3.8, 4) is 17.1 Å². The SMILES string of the molecule is COc1cc(-c2c(F)ccc(Br)c2F)nc(N)n1. The number of nitrogen functional groups attached to an aromatic ring is 1. The van der Waals surface area contributed by atoms with Crippen LogP contribution >= 0.6 is 15.9 Å². The van der Waals surface area contributed by atoms with Crippen molar-refractivity contribution in [3.05, 3.63) is 34.3 Å². The molecule has 0 saturated heterocycles. The molecule has 1 aromatic carbocycles. The number of hydrogen-bond acceptors (Lipinski definition) is 4. The van der Waals surface area contributed by atoms with Crippen LogP contribution in [0.25, 0.3) is 11.3 Å². The summed E-state index contributed by atoms with van der Waals surface area (Å²) in [5, 5.41) is 0. The predicted molar refractivity (Wildman–Crippen MR) is 66.0 cm³/mol. The van der Waals surface area contributed by atoms with E-state index in [9.17, 15) is 8.78 Å². The van der Waals surface area contributed by atoms with E-state index in [2.05, 4.69) is 25.9 Å². The summed E-state index contributed by atoms with van der Waals surface area (Å²) in [7, 11) is 1.37. The van der Waals surface area contributed by atoms with Gasteiger partial charge in [0, 0.05) is 6.07 Å². The fraction of sp³-hybridized carbons (Fsp3) is 0.0909. The highest BCUT2D eigenvalue weighted by atomic mass is 79.9.